The molecule has 2 bridgehead atoms. The van der Waals surface area contributed by atoms with E-state index in [-0.39, 0.29) is 29.4 Å². The van der Waals surface area contributed by atoms with Crippen molar-refractivity contribution in [3.63, 3.8) is 0 Å². The molecule has 7 nitrogen and oxygen atoms in total. The number of carbonyl (C=O) groups is 2. The summed E-state index contributed by atoms with van der Waals surface area (Å²) in [5.74, 6) is -0.830. The van der Waals surface area contributed by atoms with Gasteiger partial charge in [-0.3, -0.25) is 4.79 Å². The minimum atomic E-state index is -0.543. The summed E-state index contributed by atoms with van der Waals surface area (Å²) in [5, 5.41) is 23.4. The van der Waals surface area contributed by atoms with Gasteiger partial charge in [0.2, 0.25) is 5.91 Å². The predicted molar refractivity (Wildman–Crippen MR) is 120 cm³/mol. The number of esters is 1. The SMILES string of the molecule is CCC=CC=CC(=O)NCCCC1CC2CC(O)CC(Cc3cccc(O)c3C(=O)O1)O2. The summed E-state index contributed by atoms with van der Waals surface area (Å²) in [4.78, 5) is 24.7. The van der Waals surface area contributed by atoms with Crippen molar-refractivity contribution in [1.29, 1.82) is 0 Å². The van der Waals surface area contributed by atoms with E-state index >= 15 is 0 Å². The molecule has 0 saturated carbocycles. The first-order chi connectivity index (χ1) is 15.5. The monoisotopic (exact) mass is 443 g/mol. The second kappa shape index (κ2) is 11.8. The van der Waals surface area contributed by atoms with Crippen LogP contribution in [0, 0.1) is 0 Å². The number of carbonyl (C=O) groups excluding carboxylic acids is 2. The Bertz CT molecular complexity index is 849. The zero-order valence-electron chi connectivity index (χ0n) is 18.5. The summed E-state index contributed by atoms with van der Waals surface area (Å²) in [6, 6.07) is 4.95. The van der Waals surface area contributed by atoms with Crippen LogP contribution in [-0.2, 0) is 20.7 Å². The van der Waals surface area contributed by atoms with E-state index in [0.29, 0.717) is 50.6 Å². The fraction of sp³-hybridized carbons (Fsp3) is 0.520. The van der Waals surface area contributed by atoms with Gasteiger partial charge in [-0.15, -0.1) is 0 Å². The van der Waals surface area contributed by atoms with Gasteiger partial charge in [-0.25, -0.2) is 4.79 Å². The average Bonchev–Trinajstić information content (AvgIpc) is 2.73. The second-order valence-electron chi connectivity index (χ2n) is 8.41. The maximum absolute atomic E-state index is 12.9. The number of allylic oxidation sites excluding steroid dienone is 3. The molecule has 1 fully saturated rings. The fourth-order valence-corrected chi connectivity index (χ4v) is 4.29. The van der Waals surface area contributed by atoms with Crippen molar-refractivity contribution in [1.82, 2.24) is 5.32 Å². The summed E-state index contributed by atoms with van der Waals surface area (Å²) >= 11 is 0. The number of aliphatic hydroxyl groups excluding tert-OH is 1. The molecule has 4 atom stereocenters. The molecule has 2 aliphatic rings. The van der Waals surface area contributed by atoms with Gasteiger partial charge in [0.25, 0.3) is 0 Å². The van der Waals surface area contributed by atoms with Gasteiger partial charge >= 0.3 is 5.97 Å². The van der Waals surface area contributed by atoms with Crippen molar-refractivity contribution in [2.45, 2.75) is 76.3 Å². The standard InChI is InChI=1S/C25H33NO6/c1-2-3-4-5-11-23(29)26-12-7-9-19-16-21-15-18(27)14-20(31-21)13-17-8-6-10-22(28)24(17)25(30)32-19/h3-6,8,10-11,18-21,27-28H,2,7,9,12-16H2,1H3,(H,26,29). The molecular weight excluding hydrogens is 410 g/mol. The number of amides is 1. The first-order valence-electron chi connectivity index (χ1n) is 11.4. The summed E-state index contributed by atoms with van der Waals surface area (Å²) in [7, 11) is 0. The third-order valence-corrected chi connectivity index (χ3v) is 5.77. The Kier molecular flexibility index (Phi) is 8.88. The number of benzene rings is 1. The molecule has 1 amide bonds. The van der Waals surface area contributed by atoms with Crippen molar-refractivity contribution in [3.8, 4) is 5.75 Å². The number of ether oxygens (including phenoxy) is 2. The Labute approximate surface area is 189 Å². The highest BCUT2D eigenvalue weighted by Gasteiger charge is 2.34. The number of fused-ring (bicyclic) bond motifs is 3. The molecule has 3 N–H and O–H groups in total. The van der Waals surface area contributed by atoms with Gasteiger partial charge in [0, 0.05) is 19.0 Å². The Balaban J connectivity index is 1.64. The minimum absolute atomic E-state index is 0.115. The molecule has 0 aliphatic carbocycles. The lowest BCUT2D eigenvalue weighted by Gasteiger charge is -2.36. The maximum atomic E-state index is 12.9. The van der Waals surface area contributed by atoms with Gasteiger partial charge in [-0.2, -0.15) is 0 Å². The van der Waals surface area contributed by atoms with E-state index in [2.05, 4.69) is 5.32 Å². The van der Waals surface area contributed by atoms with E-state index in [1.807, 2.05) is 19.1 Å². The second-order valence-corrected chi connectivity index (χ2v) is 8.41. The highest BCUT2D eigenvalue weighted by Crippen LogP contribution is 2.32. The number of hydrogen-bond donors (Lipinski definition) is 3. The number of hydrogen-bond acceptors (Lipinski definition) is 6. The fourth-order valence-electron chi connectivity index (χ4n) is 4.29. The van der Waals surface area contributed by atoms with Crippen molar-refractivity contribution in [2.24, 2.45) is 0 Å². The molecule has 1 aromatic carbocycles. The maximum Gasteiger partial charge on any atom is 0.342 e. The highest BCUT2D eigenvalue weighted by molar-refractivity contribution is 5.94. The van der Waals surface area contributed by atoms with Gasteiger partial charge in [0.1, 0.15) is 17.4 Å². The zero-order valence-corrected chi connectivity index (χ0v) is 18.5. The van der Waals surface area contributed by atoms with Crippen molar-refractivity contribution in [2.75, 3.05) is 6.54 Å². The lowest BCUT2D eigenvalue weighted by Crippen LogP contribution is -2.40. The molecule has 2 aliphatic heterocycles. The molecule has 0 radical (unpaired) electrons. The van der Waals surface area contributed by atoms with Crippen LogP contribution in [0.5, 0.6) is 5.75 Å². The average molecular weight is 444 g/mol. The normalized spacial score (nSPS) is 26.0. The third-order valence-electron chi connectivity index (χ3n) is 5.77. The van der Waals surface area contributed by atoms with Crippen LogP contribution in [0.15, 0.2) is 42.5 Å². The van der Waals surface area contributed by atoms with Gasteiger partial charge in [0.15, 0.2) is 0 Å². The van der Waals surface area contributed by atoms with E-state index < -0.39 is 18.2 Å². The quantitative estimate of drug-likeness (QED) is 0.259. The topological polar surface area (TPSA) is 105 Å². The first-order valence-corrected chi connectivity index (χ1v) is 11.4. The summed E-state index contributed by atoms with van der Waals surface area (Å²) in [5.41, 5.74) is 0.822. The Morgan fingerprint density at radius 3 is 2.84 bits per heavy atom. The summed E-state index contributed by atoms with van der Waals surface area (Å²) < 4.78 is 11.9. The van der Waals surface area contributed by atoms with Crippen LogP contribution in [0.4, 0.5) is 0 Å². The van der Waals surface area contributed by atoms with Crippen LogP contribution in [0.1, 0.15) is 61.4 Å². The van der Waals surface area contributed by atoms with Crippen LogP contribution >= 0.6 is 0 Å². The molecule has 0 aromatic heterocycles. The number of nitrogens with one attached hydrogen (secondary N) is 1. The molecule has 7 heteroatoms. The van der Waals surface area contributed by atoms with Crippen LogP contribution in [0.2, 0.25) is 0 Å². The molecule has 1 aromatic rings. The van der Waals surface area contributed by atoms with Gasteiger partial charge in [-0.1, -0.05) is 37.3 Å². The van der Waals surface area contributed by atoms with E-state index in [1.54, 1.807) is 18.2 Å². The molecule has 4 unspecified atom stereocenters. The van der Waals surface area contributed by atoms with Crippen LogP contribution in [0.3, 0.4) is 0 Å². The van der Waals surface area contributed by atoms with Crippen molar-refractivity contribution >= 4 is 11.9 Å². The van der Waals surface area contributed by atoms with E-state index in [9.17, 15) is 19.8 Å². The van der Waals surface area contributed by atoms with Gasteiger partial charge in [-0.05, 0) is 50.2 Å². The number of rotatable bonds is 7. The Morgan fingerprint density at radius 1 is 1.22 bits per heavy atom. The van der Waals surface area contributed by atoms with Gasteiger partial charge < -0.3 is 25.0 Å². The number of phenolic OH excluding ortho intramolecular Hbond substituents is 1. The van der Waals surface area contributed by atoms with Crippen LogP contribution in [-0.4, -0.2) is 53.1 Å². The molecule has 174 valence electrons. The van der Waals surface area contributed by atoms with Crippen molar-refractivity contribution in [3.05, 3.63) is 53.6 Å². The largest absolute Gasteiger partial charge is 0.507 e. The molecule has 2 heterocycles. The number of aliphatic hydroxyl groups is 1. The summed E-state index contributed by atoms with van der Waals surface area (Å²) in [6.07, 6.45) is 9.62. The van der Waals surface area contributed by atoms with E-state index in [4.69, 9.17) is 9.47 Å². The molecule has 1 saturated heterocycles. The lowest BCUT2D eigenvalue weighted by atomic mass is 9.91. The predicted octanol–water partition coefficient (Wildman–Crippen LogP) is 3.19. The van der Waals surface area contributed by atoms with E-state index in [0.717, 1.165) is 6.42 Å². The number of cyclic esters (lactones) is 1. The lowest BCUT2D eigenvalue weighted by molar-refractivity contribution is -0.117. The third kappa shape index (κ3) is 6.93. The first kappa shape index (κ1) is 24.0. The Hall–Kier alpha value is -2.64. The molecule has 3 rings (SSSR count). The number of aromatic hydroxyl groups is 1. The number of phenols is 1. The molecule has 32 heavy (non-hydrogen) atoms. The van der Waals surface area contributed by atoms with Gasteiger partial charge in [0.05, 0.1) is 18.3 Å². The molecular formula is C25H33NO6. The smallest absolute Gasteiger partial charge is 0.342 e. The highest BCUT2D eigenvalue weighted by atomic mass is 16.5. The van der Waals surface area contributed by atoms with Crippen LogP contribution < -0.4 is 5.32 Å². The Morgan fingerprint density at radius 2 is 2.03 bits per heavy atom. The minimum Gasteiger partial charge on any atom is -0.507 e. The van der Waals surface area contributed by atoms with Crippen molar-refractivity contribution < 1.29 is 29.3 Å². The van der Waals surface area contributed by atoms with E-state index in [1.165, 1.54) is 12.1 Å². The molecule has 0 spiro atoms. The summed E-state index contributed by atoms with van der Waals surface area (Å²) in [6.45, 7) is 2.48. The zero-order chi connectivity index (χ0) is 22.9. The van der Waals surface area contributed by atoms with Crippen LogP contribution in [0.25, 0.3) is 0 Å².